The zero-order valence-corrected chi connectivity index (χ0v) is 14.9. The summed E-state index contributed by atoms with van der Waals surface area (Å²) in [5.74, 6) is -0.306. The van der Waals surface area contributed by atoms with E-state index < -0.39 is 17.1 Å². The fraction of sp³-hybridized carbons (Fsp3) is 0.556. The van der Waals surface area contributed by atoms with Gasteiger partial charge in [-0.25, -0.2) is 9.18 Å². The number of benzene rings is 1. The van der Waals surface area contributed by atoms with Gasteiger partial charge in [0.1, 0.15) is 5.82 Å². The lowest BCUT2D eigenvalue weighted by atomic mass is 9.88. The van der Waals surface area contributed by atoms with Crippen LogP contribution in [0.15, 0.2) is 21.7 Å². The Morgan fingerprint density at radius 3 is 2.50 bits per heavy atom. The van der Waals surface area contributed by atoms with Crippen molar-refractivity contribution in [2.24, 2.45) is 11.7 Å². The van der Waals surface area contributed by atoms with E-state index in [4.69, 9.17) is 5.73 Å². The van der Waals surface area contributed by atoms with Crippen LogP contribution in [0, 0.1) is 11.7 Å². The molecule has 1 saturated carbocycles. The first-order valence-electron chi connectivity index (χ1n) is 8.92. The molecule has 7 nitrogen and oxygen atoms in total. The second kappa shape index (κ2) is 5.57. The second-order valence-corrected chi connectivity index (χ2v) is 8.07. The van der Waals surface area contributed by atoms with Gasteiger partial charge in [-0.1, -0.05) is 4.73 Å². The van der Waals surface area contributed by atoms with Gasteiger partial charge in [0.15, 0.2) is 0 Å². The van der Waals surface area contributed by atoms with Gasteiger partial charge in [0.05, 0.1) is 16.6 Å². The molecule has 3 N–H and O–H groups in total. The lowest BCUT2D eigenvalue weighted by Gasteiger charge is -2.27. The van der Waals surface area contributed by atoms with Crippen molar-refractivity contribution in [1.82, 2.24) is 9.30 Å². The summed E-state index contributed by atoms with van der Waals surface area (Å²) in [5, 5.41) is 9.79. The normalized spacial score (nSPS) is 20.9. The number of nitrogens with zero attached hydrogens (tertiary/aromatic N) is 3. The fourth-order valence-electron chi connectivity index (χ4n) is 3.84. The van der Waals surface area contributed by atoms with E-state index in [1.807, 2.05) is 18.7 Å². The van der Waals surface area contributed by atoms with Gasteiger partial charge in [0.2, 0.25) is 0 Å². The molecule has 1 saturated heterocycles. The largest absolute Gasteiger partial charge is 0.421 e. The van der Waals surface area contributed by atoms with Gasteiger partial charge in [-0.2, -0.15) is 0 Å². The predicted molar refractivity (Wildman–Crippen MR) is 96.5 cm³/mol. The van der Waals surface area contributed by atoms with Crippen LogP contribution in [-0.2, 0) is 0 Å². The number of rotatable bonds is 3. The number of halogens is 1. The van der Waals surface area contributed by atoms with Crippen molar-refractivity contribution in [2.75, 3.05) is 18.0 Å². The molecule has 26 heavy (non-hydrogen) atoms. The highest BCUT2D eigenvalue weighted by molar-refractivity contribution is 5.82. The highest BCUT2D eigenvalue weighted by atomic mass is 19.1. The summed E-state index contributed by atoms with van der Waals surface area (Å²) in [6.07, 6.45) is 2.45. The Morgan fingerprint density at radius 1 is 1.23 bits per heavy atom. The summed E-state index contributed by atoms with van der Waals surface area (Å²) in [5.41, 5.74) is 4.92. The van der Waals surface area contributed by atoms with Gasteiger partial charge >= 0.3 is 5.69 Å². The molecule has 2 heterocycles. The Labute approximate surface area is 149 Å². The van der Waals surface area contributed by atoms with Crippen LogP contribution in [0.25, 0.3) is 10.9 Å². The van der Waals surface area contributed by atoms with Crippen molar-refractivity contribution in [2.45, 2.75) is 44.7 Å². The Hall–Kier alpha value is -2.35. The average Bonchev–Trinajstić information content (AvgIpc) is 3.27. The van der Waals surface area contributed by atoms with E-state index in [9.17, 15) is 19.2 Å². The third kappa shape index (κ3) is 2.59. The molecule has 140 valence electrons. The third-order valence-electron chi connectivity index (χ3n) is 5.63. The highest BCUT2D eigenvalue weighted by Gasteiger charge is 2.34. The van der Waals surface area contributed by atoms with Gasteiger partial charge in [-0.3, -0.25) is 9.36 Å². The van der Waals surface area contributed by atoms with Crippen molar-refractivity contribution in [1.29, 1.82) is 0 Å². The molecular formula is C18H23FN4O3. The molecule has 1 atom stereocenters. The first-order valence-corrected chi connectivity index (χ1v) is 8.92. The van der Waals surface area contributed by atoms with Gasteiger partial charge in [0, 0.05) is 24.7 Å². The van der Waals surface area contributed by atoms with Crippen LogP contribution in [0.2, 0.25) is 0 Å². The molecule has 0 unspecified atom stereocenters. The van der Waals surface area contributed by atoms with Crippen molar-refractivity contribution >= 4 is 16.6 Å². The van der Waals surface area contributed by atoms with Gasteiger partial charge in [0.25, 0.3) is 5.56 Å². The van der Waals surface area contributed by atoms with E-state index in [1.54, 1.807) is 6.07 Å². The van der Waals surface area contributed by atoms with Gasteiger partial charge in [-0.05, 0) is 51.2 Å². The maximum Gasteiger partial charge on any atom is 0.365 e. The summed E-state index contributed by atoms with van der Waals surface area (Å²) in [7, 11) is 0. The second-order valence-electron chi connectivity index (χ2n) is 8.07. The van der Waals surface area contributed by atoms with Crippen LogP contribution in [0.4, 0.5) is 10.1 Å². The summed E-state index contributed by atoms with van der Waals surface area (Å²) < 4.78 is 16.2. The Morgan fingerprint density at radius 2 is 1.92 bits per heavy atom. The van der Waals surface area contributed by atoms with E-state index in [-0.39, 0.29) is 27.6 Å². The van der Waals surface area contributed by atoms with E-state index >= 15 is 0 Å². The maximum absolute atomic E-state index is 14.8. The first-order chi connectivity index (χ1) is 12.2. The Kier molecular flexibility index (Phi) is 3.66. The highest BCUT2D eigenvalue weighted by Crippen LogP contribution is 2.37. The van der Waals surface area contributed by atoms with E-state index in [0.717, 1.165) is 25.3 Å². The van der Waals surface area contributed by atoms with E-state index in [0.29, 0.717) is 24.3 Å². The molecule has 1 aliphatic carbocycles. The minimum absolute atomic E-state index is 0.00940. The number of anilines is 1. The van der Waals surface area contributed by atoms with E-state index in [1.165, 1.54) is 4.57 Å². The lowest BCUT2D eigenvalue weighted by Crippen LogP contribution is -2.42. The van der Waals surface area contributed by atoms with Crippen molar-refractivity contribution < 1.29 is 9.60 Å². The molecule has 8 heteroatoms. The van der Waals surface area contributed by atoms with Crippen molar-refractivity contribution in [3.05, 3.63) is 38.8 Å². The van der Waals surface area contributed by atoms with E-state index in [2.05, 4.69) is 0 Å². The number of fused-ring (bicyclic) bond motifs is 1. The minimum Gasteiger partial charge on any atom is -0.421 e. The summed E-state index contributed by atoms with van der Waals surface area (Å²) in [4.78, 5) is 26.5. The van der Waals surface area contributed by atoms with Crippen LogP contribution >= 0.6 is 0 Å². The molecule has 0 amide bonds. The SMILES string of the molecule is CC(C)(N)[C@@H]1CCN(c2cc3c(cc2F)c(=O)n(O)c(=O)n3C2CC2)C1. The van der Waals surface area contributed by atoms with Gasteiger partial charge < -0.3 is 15.8 Å². The van der Waals surface area contributed by atoms with Gasteiger partial charge in [-0.15, -0.1) is 0 Å². The zero-order valence-electron chi connectivity index (χ0n) is 14.9. The van der Waals surface area contributed by atoms with Crippen LogP contribution in [0.3, 0.4) is 0 Å². The minimum atomic E-state index is -0.894. The molecule has 1 aromatic carbocycles. The molecule has 2 aliphatic rings. The molecular weight excluding hydrogens is 339 g/mol. The number of hydrogen-bond acceptors (Lipinski definition) is 5. The molecule has 1 aliphatic heterocycles. The smallest absolute Gasteiger partial charge is 0.365 e. The predicted octanol–water partition coefficient (Wildman–Crippen LogP) is 1.44. The summed E-state index contributed by atoms with van der Waals surface area (Å²) in [6.45, 7) is 5.22. The van der Waals surface area contributed by atoms with Crippen LogP contribution < -0.4 is 21.9 Å². The van der Waals surface area contributed by atoms with Crippen LogP contribution in [-0.4, -0.2) is 33.1 Å². The van der Waals surface area contributed by atoms with Crippen molar-refractivity contribution in [3.8, 4) is 0 Å². The molecule has 0 bridgehead atoms. The molecule has 2 aromatic rings. The van der Waals surface area contributed by atoms with Crippen LogP contribution in [0.1, 0.15) is 39.2 Å². The quantitative estimate of drug-likeness (QED) is 0.806. The monoisotopic (exact) mass is 362 g/mol. The number of nitrogens with two attached hydrogens (primary N) is 1. The molecule has 0 radical (unpaired) electrons. The number of aromatic nitrogens is 2. The summed E-state index contributed by atoms with van der Waals surface area (Å²) >= 11 is 0. The Balaban J connectivity index is 1.87. The fourth-order valence-corrected chi connectivity index (χ4v) is 3.84. The summed E-state index contributed by atoms with van der Waals surface area (Å²) in [6, 6.07) is 2.63. The Bertz CT molecular complexity index is 1000. The zero-order chi connectivity index (χ0) is 18.8. The molecule has 4 rings (SSSR count). The molecule has 1 aromatic heterocycles. The average molecular weight is 362 g/mol. The standard InChI is InChI=1S/C18H23FN4O3/c1-18(2,20)10-5-6-21(9-10)15-8-14-12(7-13(15)19)16(24)23(26)17(25)22(14)11-3-4-11/h7-8,10-11,26H,3-6,9,20H2,1-2H3/t10-/m1/s1. The maximum atomic E-state index is 14.8. The number of hydrogen-bond donors (Lipinski definition) is 2. The van der Waals surface area contributed by atoms with Crippen molar-refractivity contribution in [3.63, 3.8) is 0 Å². The molecule has 0 spiro atoms. The molecule has 2 fully saturated rings. The van der Waals surface area contributed by atoms with Crippen LogP contribution in [0.5, 0.6) is 0 Å². The topological polar surface area (TPSA) is 93.5 Å². The first kappa shape index (κ1) is 17.1. The third-order valence-corrected chi connectivity index (χ3v) is 5.63. The lowest BCUT2D eigenvalue weighted by molar-refractivity contribution is 0.157.